The molecule has 0 saturated carbocycles. The highest BCUT2D eigenvalue weighted by molar-refractivity contribution is 6.36. The van der Waals surface area contributed by atoms with Gasteiger partial charge in [-0.3, -0.25) is 14.4 Å². The lowest BCUT2D eigenvalue weighted by atomic mass is 9.87. The SMILES string of the molecule is CC(C)(CO)[C@@H](O)C(=O)NCCC(=O)C(=O)NCc1ccc(Oc2ccccc2)cc1. The van der Waals surface area contributed by atoms with Crippen LogP contribution in [-0.2, 0) is 20.9 Å². The van der Waals surface area contributed by atoms with Crippen molar-refractivity contribution in [2.45, 2.75) is 32.9 Å². The fourth-order valence-corrected chi connectivity index (χ4v) is 2.53. The maximum atomic E-state index is 12.0. The van der Waals surface area contributed by atoms with Crippen molar-refractivity contribution in [1.29, 1.82) is 0 Å². The molecular weight excluding hydrogens is 400 g/mol. The predicted octanol–water partition coefficient (Wildman–Crippen LogP) is 1.55. The van der Waals surface area contributed by atoms with Gasteiger partial charge in [0.05, 0.1) is 6.61 Å². The number of amides is 2. The Bertz CT molecular complexity index is 881. The monoisotopic (exact) mass is 428 g/mol. The third-order valence-corrected chi connectivity index (χ3v) is 4.66. The molecule has 8 heteroatoms. The number of hydrogen-bond donors (Lipinski definition) is 4. The molecule has 0 aromatic heterocycles. The molecule has 0 spiro atoms. The van der Waals surface area contributed by atoms with Crippen molar-refractivity contribution in [3.8, 4) is 11.5 Å². The Morgan fingerprint density at radius 3 is 2.19 bits per heavy atom. The fraction of sp³-hybridized carbons (Fsp3) is 0.348. The van der Waals surface area contributed by atoms with E-state index in [2.05, 4.69) is 10.6 Å². The van der Waals surface area contributed by atoms with Crippen LogP contribution in [0, 0.1) is 5.41 Å². The molecule has 0 radical (unpaired) electrons. The molecule has 2 rings (SSSR count). The second kappa shape index (κ2) is 11.2. The molecule has 0 heterocycles. The Labute approximate surface area is 181 Å². The first-order valence-electron chi connectivity index (χ1n) is 9.92. The summed E-state index contributed by atoms with van der Waals surface area (Å²) in [4.78, 5) is 35.8. The number of ether oxygens (including phenoxy) is 1. The van der Waals surface area contributed by atoms with Crippen LogP contribution in [0.15, 0.2) is 54.6 Å². The number of carbonyl (C=O) groups excluding carboxylic acids is 3. The van der Waals surface area contributed by atoms with Crippen molar-refractivity contribution in [3.05, 3.63) is 60.2 Å². The number of aliphatic hydroxyl groups is 2. The van der Waals surface area contributed by atoms with Crippen LogP contribution in [-0.4, -0.2) is 47.1 Å². The highest BCUT2D eigenvalue weighted by Crippen LogP contribution is 2.21. The van der Waals surface area contributed by atoms with Crippen LogP contribution in [0.2, 0.25) is 0 Å². The molecule has 0 unspecified atom stereocenters. The summed E-state index contributed by atoms with van der Waals surface area (Å²) in [7, 11) is 0. The zero-order valence-electron chi connectivity index (χ0n) is 17.6. The van der Waals surface area contributed by atoms with Crippen molar-refractivity contribution < 1.29 is 29.3 Å². The van der Waals surface area contributed by atoms with E-state index < -0.39 is 29.1 Å². The van der Waals surface area contributed by atoms with Crippen LogP contribution >= 0.6 is 0 Å². The van der Waals surface area contributed by atoms with E-state index in [1.54, 1.807) is 24.3 Å². The zero-order chi connectivity index (χ0) is 22.9. The normalized spacial score (nSPS) is 12.0. The lowest BCUT2D eigenvalue weighted by Gasteiger charge is -2.27. The summed E-state index contributed by atoms with van der Waals surface area (Å²) in [5.41, 5.74) is -0.211. The molecule has 0 bridgehead atoms. The van der Waals surface area contributed by atoms with E-state index in [0.29, 0.717) is 11.5 Å². The van der Waals surface area contributed by atoms with Crippen LogP contribution in [0.5, 0.6) is 11.5 Å². The van der Waals surface area contributed by atoms with E-state index >= 15 is 0 Å². The molecule has 0 aliphatic heterocycles. The van der Waals surface area contributed by atoms with Crippen molar-refractivity contribution in [3.63, 3.8) is 0 Å². The average Bonchev–Trinajstić information content (AvgIpc) is 2.78. The van der Waals surface area contributed by atoms with Crippen molar-refractivity contribution in [1.82, 2.24) is 10.6 Å². The molecule has 0 aliphatic carbocycles. The second-order valence-electron chi connectivity index (χ2n) is 7.76. The third kappa shape index (κ3) is 7.51. The van der Waals surface area contributed by atoms with Gasteiger partial charge in [-0.15, -0.1) is 0 Å². The number of hydrogen-bond acceptors (Lipinski definition) is 6. The predicted molar refractivity (Wildman–Crippen MR) is 114 cm³/mol. The molecule has 2 amide bonds. The van der Waals surface area contributed by atoms with Gasteiger partial charge in [0, 0.05) is 24.9 Å². The van der Waals surface area contributed by atoms with E-state index in [1.807, 2.05) is 30.3 Å². The molecule has 0 aliphatic rings. The number of benzene rings is 2. The maximum Gasteiger partial charge on any atom is 0.287 e. The van der Waals surface area contributed by atoms with Crippen LogP contribution in [0.4, 0.5) is 0 Å². The average molecular weight is 428 g/mol. The van der Waals surface area contributed by atoms with Crippen LogP contribution in [0.1, 0.15) is 25.8 Å². The Morgan fingerprint density at radius 1 is 0.968 bits per heavy atom. The van der Waals surface area contributed by atoms with Gasteiger partial charge in [0.1, 0.15) is 17.6 Å². The van der Waals surface area contributed by atoms with Crippen molar-refractivity contribution >= 4 is 17.6 Å². The summed E-state index contributed by atoms with van der Waals surface area (Å²) >= 11 is 0. The quantitative estimate of drug-likeness (QED) is 0.403. The van der Waals surface area contributed by atoms with Gasteiger partial charge in [-0.05, 0) is 29.8 Å². The molecule has 4 N–H and O–H groups in total. The van der Waals surface area contributed by atoms with Crippen LogP contribution in [0.3, 0.4) is 0 Å². The Kier molecular flexibility index (Phi) is 8.72. The Balaban J connectivity index is 1.73. The van der Waals surface area contributed by atoms with Crippen molar-refractivity contribution in [2.24, 2.45) is 5.41 Å². The zero-order valence-corrected chi connectivity index (χ0v) is 17.6. The minimum atomic E-state index is -1.42. The number of ketones is 1. The molecule has 1 atom stereocenters. The fourth-order valence-electron chi connectivity index (χ4n) is 2.53. The maximum absolute atomic E-state index is 12.0. The standard InChI is InChI=1S/C23H28N2O6/c1-23(2,15-26)20(28)22(30)24-13-12-19(27)21(29)25-14-16-8-10-18(11-9-16)31-17-6-4-3-5-7-17/h3-11,20,26,28H,12-15H2,1-2H3,(H,24,30)(H,25,29)/t20-/m0/s1. The molecule has 0 saturated heterocycles. The van der Waals surface area contributed by atoms with Gasteiger partial charge in [-0.1, -0.05) is 44.2 Å². The largest absolute Gasteiger partial charge is 0.457 e. The summed E-state index contributed by atoms with van der Waals surface area (Å²) in [5, 5.41) is 24.0. The number of nitrogens with one attached hydrogen (secondary N) is 2. The van der Waals surface area contributed by atoms with E-state index in [1.165, 1.54) is 13.8 Å². The minimum absolute atomic E-state index is 0.0881. The number of para-hydroxylation sites is 1. The number of aliphatic hydroxyl groups excluding tert-OH is 2. The van der Waals surface area contributed by atoms with E-state index in [0.717, 1.165) is 5.56 Å². The highest BCUT2D eigenvalue weighted by atomic mass is 16.5. The summed E-state index contributed by atoms with van der Waals surface area (Å²) in [6, 6.07) is 16.4. The first kappa shape index (κ1) is 24.0. The van der Waals surface area contributed by atoms with Gasteiger partial charge in [-0.2, -0.15) is 0 Å². The molecule has 2 aromatic rings. The van der Waals surface area contributed by atoms with Crippen LogP contribution < -0.4 is 15.4 Å². The smallest absolute Gasteiger partial charge is 0.287 e. The number of carbonyl (C=O) groups is 3. The van der Waals surface area contributed by atoms with Gasteiger partial charge >= 0.3 is 0 Å². The van der Waals surface area contributed by atoms with E-state index in [-0.39, 0.29) is 26.1 Å². The van der Waals surface area contributed by atoms with Crippen molar-refractivity contribution in [2.75, 3.05) is 13.2 Å². The molecule has 31 heavy (non-hydrogen) atoms. The van der Waals surface area contributed by atoms with Crippen LogP contribution in [0.25, 0.3) is 0 Å². The number of rotatable bonds is 11. The summed E-state index contributed by atoms with van der Waals surface area (Å²) in [6.07, 6.45) is -1.62. The third-order valence-electron chi connectivity index (χ3n) is 4.66. The van der Waals surface area contributed by atoms with Gasteiger partial charge in [0.2, 0.25) is 11.7 Å². The second-order valence-corrected chi connectivity index (χ2v) is 7.76. The first-order chi connectivity index (χ1) is 14.7. The Hall–Kier alpha value is -3.23. The summed E-state index contributed by atoms with van der Waals surface area (Å²) < 4.78 is 5.70. The lowest BCUT2D eigenvalue weighted by molar-refractivity contribution is -0.139. The Morgan fingerprint density at radius 2 is 1.58 bits per heavy atom. The molecular formula is C23H28N2O6. The highest BCUT2D eigenvalue weighted by Gasteiger charge is 2.32. The number of Topliss-reactive ketones (excluding diaryl/α,β-unsaturated/α-hetero) is 1. The minimum Gasteiger partial charge on any atom is -0.457 e. The van der Waals surface area contributed by atoms with E-state index in [9.17, 15) is 24.6 Å². The lowest BCUT2D eigenvalue weighted by Crippen LogP contribution is -2.46. The van der Waals surface area contributed by atoms with Gasteiger partial charge in [0.15, 0.2) is 0 Å². The molecule has 166 valence electrons. The molecule has 0 fully saturated rings. The van der Waals surface area contributed by atoms with E-state index in [4.69, 9.17) is 4.74 Å². The van der Waals surface area contributed by atoms with Gasteiger partial charge in [-0.25, -0.2) is 0 Å². The summed E-state index contributed by atoms with van der Waals surface area (Å²) in [6.45, 7) is 2.79. The topological polar surface area (TPSA) is 125 Å². The first-order valence-corrected chi connectivity index (χ1v) is 9.92. The molecule has 8 nitrogen and oxygen atoms in total. The van der Waals surface area contributed by atoms with Gasteiger partial charge < -0.3 is 25.6 Å². The van der Waals surface area contributed by atoms with Gasteiger partial charge in [0.25, 0.3) is 5.91 Å². The molecule has 2 aromatic carbocycles. The summed E-state index contributed by atoms with van der Waals surface area (Å²) in [5.74, 6) is -0.770.